The van der Waals surface area contributed by atoms with Gasteiger partial charge in [-0.05, 0) is 42.7 Å². The molecule has 6 nitrogen and oxygen atoms in total. The molecule has 1 aromatic heterocycles. The number of hydrogen-bond acceptors (Lipinski definition) is 5. The van der Waals surface area contributed by atoms with Crippen molar-refractivity contribution in [3.05, 3.63) is 57.9 Å². The largest absolute Gasteiger partial charge is 0.383 e. The van der Waals surface area contributed by atoms with Crippen molar-refractivity contribution in [2.45, 2.75) is 19.4 Å². The topological polar surface area (TPSA) is 63.9 Å². The van der Waals surface area contributed by atoms with E-state index in [1.54, 1.807) is 7.11 Å². The van der Waals surface area contributed by atoms with Gasteiger partial charge < -0.3 is 14.2 Å². The molecule has 2 amide bonds. The lowest BCUT2D eigenvalue weighted by molar-refractivity contribution is -0.116. The fourth-order valence-corrected chi connectivity index (χ4v) is 5.79. The zero-order chi connectivity index (χ0) is 22.5. The summed E-state index contributed by atoms with van der Waals surface area (Å²) >= 11 is 8.85. The Hall–Kier alpha value is -2.13. The Morgan fingerprint density at radius 1 is 1.22 bits per heavy atom. The zero-order valence-electron chi connectivity index (χ0n) is 17.8. The van der Waals surface area contributed by atoms with E-state index in [1.165, 1.54) is 28.7 Å². The molecule has 0 atom stereocenters. The van der Waals surface area contributed by atoms with Gasteiger partial charge >= 0.3 is 0 Å². The van der Waals surface area contributed by atoms with Crippen molar-refractivity contribution in [2.24, 2.45) is 4.99 Å². The lowest BCUT2D eigenvalue weighted by atomic mass is 10.0. The number of rotatable bonds is 7. The number of benzene rings is 2. The second kappa shape index (κ2) is 10.7. The number of hydrogen-bond donors (Lipinski definition) is 0. The molecule has 0 unspecified atom stereocenters. The number of para-hydroxylation sites is 1. The lowest BCUT2D eigenvalue weighted by Gasteiger charge is -2.29. The van der Waals surface area contributed by atoms with E-state index in [-0.39, 0.29) is 23.3 Å². The zero-order valence-corrected chi connectivity index (χ0v) is 20.1. The van der Waals surface area contributed by atoms with Gasteiger partial charge in [-0.2, -0.15) is 4.99 Å². The van der Waals surface area contributed by atoms with Crippen LogP contribution in [0.5, 0.6) is 0 Å². The third-order valence-corrected chi connectivity index (χ3v) is 7.42. The van der Waals surface area contributed by atoms with Gasteiger partial charge in [0.2, 0.25) is 5.91 Å². The highest BCUT2D eigenvalue weighted by Crippen LogP contribution is 2.27. The predicted octanol–water partition coefficient (Wildman–Crippen LogP) is 4.14. The van der Waals surface area contributed by atoms with E-state index >= 15 is 0 Å². The Morgan fingerprint density at radius 2 is 2.06 bits per heavy atom. The van der Waals surface area contributed by atoms with Gasteiger partial charge in [-0.1, -0.05) is 41.1 Å². The van der Waals surface area contributed by atoms with Crippen LogP contribution in [0.15, 0.2) is 47.5 Å². The van der Waals surface area contributed by atoms with E-state index in [2.05, 4.69) is 11.1 Å². The fraction of sp³-hybridized carbons (Fsp3) is 0.348. The average Bonchev–Trinajstić information content (AvgIpc) is 3.12. The van der Waals surface area contributed by atoms with Crippen molar-refractivity contribution < 1.29 is 14.3 Å². The van der Waals surface area contributed by atoms with E-state index in [1.807, 2.05) is 45.9 Å². The van der Waals surface area contributed by atoms with Gasteiger partial charge in [0.15, 0.2) is 4.80 Å². The first-order chi connectivity index (χ1) is 15.6. The van der Waals surface area contributed by atoms with E-state index in [4.69, 9.17) is 16.3 Å². The molecule has 0 saturated carbocycles. The molecule has 0 fully saturated rings. The van der Waals surface area contributed by atoms with Crippen molar-refractivity contribution in [1.29, 1.82) is 0 Å². The summed E-state index contributed by atoms with van der Waals surface area (Å²) in [6.45, 7) is 1.82. The van der Waals surface area contributed by atoms with Gasteiger partial charge in [-0.15, -0.1) is 11.8 Å². The van der Waals surface area contributed by atoms with Crippen LogP contribution in [-0.4, -0.2) is 48.1 Å². The van der Waals surface area contributed by atoms with Gasteiger partial charge in [-0.25, -0.2) is 0 Å². The maximum absolute atomic E-state index is 12.8. The van der Waals surface area contributed by atoms with Crippen molar-refractivity contribution in [2.75, 3.05) is 36.7 Å². The monoisotopic (exact) mass is 489 g/mol. The Balaban J connectivity index is 1.43. The lowest BCUT2D eigenvalue weighted by Crippen LogP contribution is -2.36. The molecule has 2 aromatic carbocycles. The molecule has 1 aliphatic heterocycles. The van der Waals surface area contributed by atoms with Gasteiger partial charge in [0.25, 0.3) is 5.91 Å². The van der Waals surface area contributed by atoms with Crippen LogP contribution in [0, 0.1) is 0 Å². The number of aryl methyl sites for hydroxylation is 1. The summed E-state index contributed by atoms with van der Waals surface area (Å²) in [5, 5.41) is 0.642. The summed E-state index contributed by atoms with van der Waals surface area (Å²) in [6.07, 6.45) is 1.95. The van der Waals surface area contributed by atoms with Crippen LogP contribution in [0.3, 0.4) is 0 Å². The van der Waals surface area contributed by atoms with Crippen molar-refractivity contribution in [3.63, 3.8) is 0 Å². The molecule has 0 spiro atoms. The highest BCUT2D eigenvalue weighted by molar-refractivity contribution is 8.00. The number of nitrogens with zero attached hydrogens (tertiary/aromatic N) is 3. The first-order valence-electron chi connectivity index (χ1n) is 10.4. The molecular formula is C23H24ClN3O3S2. The summed E-state index contributed by atoms with van der Waals surface area (Å²) in [6, 6.07) is 13.6. The molecule has 2 heterocycles. The number of fused-ring (bicyclic) bond motifs is 2. The number of carbonyl (C=O) groups excluding carboxylic acids is 2. The number of halogens is 1. The number of aromatic nitrogens is 1. The van der Waals surface area contributed by atoms with E-state index < -0.39 is 0 Å². The summed E-state index contributed by atoms with van der Waals surface area (Å²) < 4.78 is 8.14. The fourth-order valence-electron chi connectivity index (χ4n) is 3.77. The SMILES string of the molecule is COCCn1c(=NC(=O)CSCC(=O)N2CCCc3ccccc32)sc2cc(Cl)ccc21. The maximum Gasteiger partial charge on any atom is 0.258 e. The maximum atomic E-state index is 12.8. The quantitative estimate of drug-likeness (QED) is 0.500. The molecule has 32 heavy (non-hydrogen) atoms. The molecule has 0 saturated heterocycles. The summed E-state index contributed by atoms with van der Waals surface area (Å²) in [4.78, 5) is 32.1. The summed E-state index contributed by atoms with van der Waals surface area (Å²) in [5.41, 5.74) is 3.16. The first-order valence-corrected chi connectivity index (χ1v) is 12.7. The van der Waals surface area contributed by atoms with Crippen LogP contribution in [0.1, 0.15) is 12.0 Å². The second-order valence-electron chi connectivity index (χ2n) is 7.42. The highest BCUT2D eigenvalue weighted by atomic mass is 35.5. The van der Waals surface area contributed by atoms with Crippen LogP contribution in [0.2, 0.25) is 5.02 Å². The second-order valence-corrected chi connectivity index (χ2v) is 9.85. The minimum Gasteiger partial charge on any atom is -0.383 e. The van der Waals surface area contributed by atoms with Crippen molar-refractivity contribution in [1.82, 2.24) is 4.57 Å². The Morgan fingerprint density at radius 3 is 2.91 bits per heavy atom. The van der Waals surface area contributed by atoms with Crippen LogP contribution in [-0.2, 0) is 27.3 Å². The van der Waals surface area contributed by atoms with Gasteiger partial charge in [-0.3, -0.25) is 9.59 Å². The molecule has 0 N–H and O–H groups in total. The molecule has 3 aromatic rings. The Labute approximate surface area is 199 Å². The molecular weight excluding hydrogens is 466 g/mol. The number of carbonyl (C=O) groups is 2. The van der Waals surface area contributed by atoms with Gasteiger partial charge in [0.05, 0.1) is 28.3 Å². The number of amides is 2. The number of thiazole rings is 1. The summed E-state index contributed by atoms with van der Waals surface area (Å²) in [5.74, 6) is 0.175. The number of thioether (sulfide) groups is 1. The first kappa shape index (κ1) is 23.0. The number of anilines is 1. The van der Waals surface area contributed by atoms with Gasteiger partial charge in [0, 0.05) is 30.9 Å². The van der Waals surface area contributed by atoms with E-state index in [0.29, 0.717) is 23.0 Å². The predicted molar refractivity (Wildman–Crippen MR) is 132 cm³/mol. The molecule has 9 heteroatoms. The minimum absolute atomic E-state index is 0.0293. The van der Waals surface area contributed by atoms with Crippen molar-refractivity contribution in [3.8, 4) is 0 Å². The normalized spacial score (nSPS) is 14.1. The molecule has 4 rings (SSSR count). The van der Waals surface area contributed by atoms with E-state index in [0.717, 1.165) is 35.3 Å². The van der Waals surface area contributed by atoms with Crippen LogP contribution >= 0.6 is 34.7 Å². The Bertz CT molecular complexity index is 1200. The molecule has 0 bridgehead atoms. The van der Waals surface area contributed by atoms with Crippen molar-refractivity contribution >= 4 is 62.4 Å². The molecule has 168 valence electrons. The van der Waals surface area contributed by atoms with Gasteiger partial charge in [0.1, 0.15) is 0 Å². The molecule has 0 radical (unpaired) electrons. The van der Waals surface area contributed by atoms with Crippen LogP contribution in [0.25, 0.3) is 10.2 Å². The molecule has 0 aliphatic carbocycles. The smallest absolute Gasteiger partial charge is 0.258 e. The van der Waals surface area contributed by atoms with Crippen LogP contribution < -0.4 is 9.70 Å². The highest BCUT2D eigenvalue weighted by Gasteiger charge is 2.22. The third-order valence-electron chi connectivity index (χ3n) is 5.25. The third kappa shape index (κ3) is 5.26. The average molecular weight is 490 g/mol. The Kier molecular flexibility index (Phi) is 7.67. The summed E-state index contributed by atoms with van der Waals surface area (Å²) in [7, 11) is 1.64. The molecule has 1 aliphatic rings. The standard InChI is InChI=1S/C23H24ClN3O3S2/c1-30-12-11-27-19-9-8-17(24)13-20(19)32-23(27)25-21(28)14-31-15-22(29)26-10-4-6-16-5-2-3-7-18(16)26/h2-3,5,7-9,13H,4,6,10-12,14-15H2,1H3. The van der Waals surface area contributed by atoms with Crippen LogP contribution in [0.4, 0.5) is 5.69 Å². The minimum atomic E-state index is -0.259. The van der Waals surface area contributed by atoms with E-state index in [9.17, 15) is 9.59 Å². The number of ether oxygens (including phenoxy) is 1. The number of methoxy groups -OCH3 is 1.